The van der Waals surface area contributed by atoms with Gasteiger partial charge in [-0.25, -0.2) is 0 Å². The maximum absolute atomic E-state index is 13.0. The van der Waals surface area contributed by atoms with Gasteiger partial charge in [-0.15, -0.1) is 0 Å². The second kappa shape index (κ2) is 12.2. The Morgan fingerprint density at radius 3 is 1.58 bits per heavy atom. The fourth-order valence-electron chi connectivity index (χ4n) is 6.24. The van der Waals surface area contributed by atoms with Gasteiger partial charge in [0.1, 0.15) is 12.1 Å². The number of rotatable bonds is 8. The van der Waals surface area contributed by atoms with Crippen molar-refractivity contribution in [1.82, 2.24) is 20.0 Å². The van der Waals surface area contributed by atoms with E-state index in [0.29, 0.717) is 24.5 Å². The number of H-pyrrole nitrogens is 1. The van der Waals surface area contributed by atoms with Gasteiger partial charge in [-0.1, -0.05) is 61.4 Å². The SMILES string of the molecule is O=C(Nc1ccc(-c2cc(-c3ccc(NC(=O)[C@@H]4C=CCN4C(=O)C4CCC4)cc3)n[nH]2)cc1)C1C=CCN1C(=O)C1CCC1. The average Bonchev–Trinajstić information content (AvgIpc) is 3.77. The van der Waals surface area contributed by atoms with Crippen LogP contribution in [0.1, 0.15) is 38.5 Å². The molecule has 0 radical (unpaired) electrons. The van der Waals surface area contributed by atoms with Gasteiger partial charge >= 0.3 is 0 Å². The van der Waals surface area contributed by atoms with Crippen LogP contribution in [0.3, 0.4) is 0 Å². The fourth-order valence-corrected chi connectivity index (χ4v) is 6.24. The summed E-state index contributed by atoms with van der Waals surface area (Å²) in [5.41, 5.74) is 4.66. The van der Waals surface area contributed by atoms with Crippen molar-refractivity contribution in [3.63, 3.8) is 0 Å². The van der Waals surface area contributed by atoms with Gasteiger partial charge in [0.25, 0.3) is 11.8 Å². The number of hydrogen-bond acceptors (Lipinski definition) is 5. The summed E-state index contributed by atoms with van der Waals surface area (Å²) < 4.78 is 0. The minimum Gasteiger partial charge on any atom is -0.324 e. The third-order valence-electron chi connectivity index (χ3n) is 9.41. The molecular weight excluding hydrogens is 568 g/mol. The molecule has 7 rings (SSSR count). The Morgan fingerprint density at radius 2 is 1.13 bits per heavy atom. The van der Waals surface area contributed by atoms with Gasteiger partial charge in [0, 0.05) is 41.9 Å². The van der Waals surface area contributed by atoms with Crippen molar-refractivity contribution in [2.24, 2.45) is 11.8 Å². The van der Waals surface area contributed by atoms with E-state index in [-0.39, 0.29) is 35.5 Å². The predicted octanol–water partition coefficient (Wildman–Crippen LogP) is 4.75. The van der Waals surface area contributed by atoms with Crippen LogP contribution < -0.4 is 10.6 Å². The molecule has 10 heteroatoms. The molecular formula is C35H36N6O4. The molecule has 2 aromatic carbocycles. The Balaban J connectivity index is 0.948. The zero-order valence-corrected chi connectivity index (χ0v) is 24.9. The number of hydrogen-bond donors (Lipinski definition) is 3. The molecule has 10 nitrogen and oxygen atoms in total. The molecule has 0 spiro atoms. The van der Waals surface area contributed by atoms with Crippen molar-refractivity contribution in [2.45, 2.75) is 50.6 Å². The molecule has 2 saturated carbocycles. The summed E-state index contributed by atoms with van der Waals surface area (Å²) in [6.45, 7) is 0.954. The quantitative estimate of drug-likeness (QED) is 0.320. The second-order valence-electron chi connectivity index (χ2n) is 12.3. The van der Waals surface area contributed by atoms with Crippen molar-refractivity contribution in [3.05, 3.63) is 78.9 Å². The molecule has 4 amide bonds. The van der Waals surface area contributed by atoms with Gasteiger partial charge in [-0.3, -0.25) is 24.3 Å². The number of aromatic amines is 1. The van der Waals surface area contributed by atoms with Crippen LogP contribution in [0.5, 0.6) is 0 Å². The molecule has 3 aromatic rings. The molecule has 3 heterocycles. The molecule has 230 valence electrons. The highest BCUT2D eigenvalue weighted by atomic mass is 16.2. The van der Waals surface area contributed by atoms with Crippen LogP contribution in [0.4, 0.5) is 11.4 Å². The zero-order valence-electron chi connectivity index (χ0n) is 24.9. The first-order chi connectivity index (χ1) is 21.9. The van der Waals surface area contributed by atoms with Crippen molar-refractivity contribution < 1.29 is 19.2 Å². The summed E-state index contributed by atoms with van der Waals surface area (Å²) >= 11 is 0. The van der Waals surface area contributed by atoms with E-state index in [2.05, 4.69) is 20.8 Å². The molecule has 2 aliphatic heterocycles. The maximum Gasteiger partial charge on any atom is 0.251 e. The number of carbonyl (C=O) groups is 4. The van der Waals surface area contributed by atoms with Gasteiger partial charge in [0.15, 0.2) is 0 Å². The number of nitrogens with one attached hydrogen (secondary N) is 3. The summed E-state index contributed by atoms with van der Waals surface area (Å²) in [6, 6.07) is 15.7. The Hall–Kier alpha value is -4.99. The molecule has 0 saturated heterocycles. The molecule has 2 fully saturated rings. The third kappa shape index (κ3) is 5.80. The van der Waals surface area contributed by atoms with Crippen LogP contribution in [-0.2, 0) is 19.2 Å². The Labute approximate surface area is 261 Å². The Morgan fingerprint density at radius 1 is 0.667 bits per heavy atom. The number of nitrogens with zero attached hydrogens (tertiary/aromatic N) is 3. The van der Waals surface area contributed by atoms with Gasteiger partial charge in [0.2, 0.25) is 11.8 Å². The molecule has 2 atom stereocenters. The van der Waals surface area contributed by atoms with Crippen LogP contribution in [0.25, 0.3) is 22.5 Å². The van der Waals surface area contributed by atoms with Crippen molar-refractivity contribution in [1.29, 1.82) is 0 Å². The first-order valence-electron chi connectivity index (χ1n) is 15.8. The van der Waals surface area contributed by atoms with Crippen molar-refractivity contribution in [3.8, 4) is 22.5 Å². The number of benzene rings is 2. The van der Waals surface area contributed by atoms with Crippen LogP contribution in [0.2, 0.25) is 0 Å². The highest BCUT2D eigenvalue weighted by Gasteiger charge is 2.37. The van der Waals surface area contributed by atoms with Crippen LogP contribution in [0, 0.1) is 11.8 Å². The van der Waals surface area contributed by atoms with E-state index in [1.807, 2.05) is 66.7 Å². The summed E-state index contributed by atoms with van der Waals surface area (Å²) in [7, 11) is 0. The first-order valence-corrected chi connectivity index (χ1v) is 15.8. The number of aromatic nitrogens is 2. The highest BCUT2D eigenvalue weighted by Crippen LogP contribution is 2.32. The molecule has 3 N–H and O–H groups in total. The van der Waals surface area contributed by atoms with E-state index in [4.69, 9.17) is 0 Å². The normalized spacial score (nSPS) is 21.0. The maximum atomic E-state index is 13.0. The standard InChI is InChI=1S/C35H36N6O4/c42-32(30-9-3-19-40(30)34(44)24-5-1-6-24)36-26-15-11-22(12-16-26)28-21-29(39-38-28)23-13-17-27(18-14-23)37-33(43)31-10-4-20-41(31)35(45)25-7-2-8-25/h3-4,9-18,21,24-25,30-31H,1-2,5-8,19-20H2,(H,36,42)(H,37,43)(H,38,39)/t30-,31?/m0/s1. The van der Waals surface area contributed by atoms with E-state index >= 15 is 0 Å². The van der Waals surface area contributed by atoms with E-state index in [1.165, 1.54) is 0 Å². The van der Waals surface area contributed by atoms with E-state index in [0.717, 1.165) is 61.0 Å². The van der Waals surface area contributed by atoms with Crippen LogP contribution in [-0.4, -0.2) is 68.8 Å². The largest absolute Gasteiger partial charge is 0.324 e. The molecule has 2 aliphatic carbocycles. The Bertz CT molecular complexity index is 1540. The molecule has 1 aromatic heterocycles. The van der Waals surface area contributed by atoms with Gasteiger partial charge in [-0.05, 0) is 61.6 Å². The average molecular weight is 605 g/mol. The summed E-state index contributed by atoms with van der Waals surface area (Å²) in [4.78, 5) is 54.8. The molecule has 45 heavy (non-hydrogen) atoms. The summed E-state index contributed by atoms with van der Waals surface area (Å²) in [6.07, 6.45) is 13.1. The monoisotopic (exact) mass is 604 g/mol. The minimum atomic E-state index is -0.582. The Kier molecular flexibility index (Phi) is 7.79. The zero-order chi connectivity index (χ0) is 30.9. The smallest absolute Gasteiger partial charge is 0.251 e. The van der Waals surface area contributed by atoms with E-state index < -0.39 is 12.1 Å². The number of anilines is 2. The second-order valence-corrected chi connectivity index (χ2v) is 12.3. The lowest BCUT2D eigenvalue weighted by Gasteiger charge is -2.32. The lowest BCUT2D eigenvalue weighted by atomic mass is 9.84. The third-order valence-corrected chi connectivity index (χ3v) is 9.41. The van der Waals surface area contributed by atoms with Crippen molar-refractivity contribution >= 4 is 35.0 Å². The molecule has 0 bridgehead atoms. The van der Waals surface area contributed by atoms with Crippen LogP contribution in [0.15, 0.2) is 78.9 Å². The highest BCUT2D eigenvalue weighted by molar-refractivity contribution is 6.00. The summed E-state index contributed by atoms with van der Waals surface area (Å²) in [5, 5.41) is 13.4. The van der Waals surface area contributed by atoms with Gasteiger partial charge in [-0.2, -0.15) is 5.10 Å². The van der Waals surface area contributed by atoms with Crippen molar-refractivity contribution in [2.75, 3.05) is 23.7 Å². The number of carbonyl (C=O) groups excluding carboxylic acids is 4. The van der Waals surface area contributed by atoms with E-state index in [9.17, 15) is 19.2 Å². The molecule has 1 unspecified atom stereocenters. The summed E-state index contributed by atoms with van der Waals surface area (Å²) in [5.74, 6) is -0.187. The van der Waals surface area contributed by atoms with Crippen LogP contribution >= 0.6 is 0 Å². The van der Waals surface area contributed by atoms with Gasteiger partial charge in [0.05, 0.1) is 11.4 Å². The van der Waals surface area contributed by atoms with Gasteiger partial charge < -0.3 is 20.4 Å². The lowest BCUT2D eigenvalue weighted by molar-refractivity contribution is -0.141. The minimum absolute atomic E-state index is 0.0526. The topological polar surface area (TPSA) is 128 Å². The van der Waals surface area contributed by atoms with E-state index in [1.54, 1.807) is 22.0 Å². The molecule has 4 aliphatic rings. The first kappa shape index (κ1) is 28.8. The predicted molar refractivity (Wildman–Crippen MR) is 171 cm³/mol. The fraction of sp³-hybridized carbons (Fsp3) is 0.343. The number of amides is 4. The lowest BCUT2D eigenvalue weighted by Crippen LogP contribution is -2.47.